The summed E-state index contributed by atoms with van der Waals surface area (Å²) < 4.78 is 11.8. The van der Waals surface area contributed by atoms with Gasteiger partial charge in [0.25, 0.3) is 5.91 Å². The molecular formula is C30H31N5O3. The average molecular weight is 510 g/mol. The number of benzene rings is 1. The molecule has 5 rings (SSSR count). The Hall–Kier alpha value is -4.35. The van der Waals surface area contributed by atoms with Crippen molar-refractivity contribution in [2.75, 3.05) is 37.6 Å². The van der Waals surface area contributed by atoms with Gasteiger partial charge < -0.3 is 14.4 Å². The van der Waals surface area contributed by atoms with Gasteiger partial charge in [-0.1, -0.05) is 24.3 Å². The zero-order valence-electron chi connectivity index (χ0n) is 21.5. The molecule has 1 amide bonds. The molecule has 1 aromatic heterocycles. The molecule has 0 bridgehead atoms. The van der Waals surface area contributed by atoms with E-state index in [1.807, 2.05) is 18.2 Å². The molecule has 2 aromatic rings. The van der Waals surface area contributed by atoms with Gasteiger partial charge in [0, 0.05) is 50.5 Å². The van der Waals surface area contributed by atoms with Crippen molar-refractivity contribution in [3.8, 4) is 6.07 Å². The van der Waals surface area contributed by atoms with Crippen molar-refractivity contribution in [2.24, 2.45) is 0 Å². The molecule has 38 heavy (non-hydrogen) atoms. The lowest BCUT2D eigenvalue weighted by Crippen LogP contribution is -2.53. The molecule has 3 heterocycles. The monoisotopic (exact) mass is 509 g/mol. The van der Waals surface area contributed by atoms with Gasteiger partial charge >= 0.3 is 0 Å². The molecule has 0 unspecified atom stereocenters. The van der Waals surface area contributed by atoms with Crippen molar-refractivity contribution in [3.05, 3.63) is 108 Å². The van der Waals surface area contributed by atoms with Crippen molar-refractivity contribution in [3.63, 3.8) is 0 Å². The van der Waals surface area contributed by atoms with Crippen LogP contribution in [0.25, 0.3) is 0 Å². The van der Waals surface area contributed by atoms with Gasteiger partial charge in [0.2, 0.25) is 5.88 Å². The summed E-state index contributed by atoms with van der Waals surface area (Å²) >= 11 is 0. The molecule has 2 aliphatic heterocycles. The Balaban J connectivity index is 1.20. The third kappa shape index (κ3) is 5.79. The minimum absolute atomic E-state index is 0.108. The summed E-state index contributed by atoms with van der Waals surface area (Å²) in [6.45, 7) is 5.87. The van der Waals surface area contributed by atoms with Gasteiger partial charge in [-0.05, 0) is 61.7 Å². The van der Waals surface area contributed by atoms with Gasteiger partial charge in [-0.2, -0.15) is 5.26 Å². The first-order valence-corrected chi connectivity index (χ1v) is 12.9. The van der Waals surface area contributed by atoms with E-state index in [0.717, 1.165) is 56.2 Å². The predicted molar refractivity (Wildman–Crippen MR) is 144 cm³/mol. The van der Waals surface area contributed by atoms with Crippen LogP contribution in [0.3, 0.4) is 0 Å². The van der Waals surface area contributed by atoms with Crippen molar-refractivity contribution in [1.82, 2.24) is 14.8 Å². The number of aromatic nitrogens is 1. The van der Waals surface area contributed by atoms with Crippen LogP contribution in [-0.2, 0) is 9.47 Å². The van der Waals surface area contributed by atoms with E-state index in [9.17, 15) is 4.79 Å². The second-order valence-electron chi connectivity index (χ2n) is 9.50. The first-order valence-electron chi connectivity index (χ1n) is 12.9. The summed E-state index contributed by atoms with van der Waals surface area (Å²) in [4.78, 5) is 24.2. The summed E-state index contributed by atoms with van der Waals surface area (Å²) in [6.07, 6.45) is 13.3. The lowest BCUT2D eigenvalue weighted by atomic mass is 10.0. The molecule has 0 radical (unpaired) electrons. The number of hydrogen-bond donors (Lipinski definition) is 0. The van der Waals surface area contributed by atoms with Crippen LogP contribution >= 0.6 is 0 Å². The number of ether oxygens (including phenoxy) is 2. The maximum atomic E-state index is 13.5. The fourth-order valence-corrected chi connectivity index (χ4v) is 4.79. The number of piperazine rings is 1. The number of anilines is 1. The zero-order valence-corrected chi connectivity index (χ0v) is 21.5. The van der Waals surface area contributed by atoms with E-state index in [2.05, 4.69) is 46.0 Å². The summed E-state index contributed by atoms with van der Waals surface area (Å²) in [5.41, 5.74) is 2.20. The van der Waals surface area contributed by atoms with E-state index in [1.54, 1.807) is 47.9 Å². The Morgan fingerprint density at radius 1 is 1.11 bits per heavy atom. The van der Waals surface area contributed by atoms with E-state index < -0.39 is 0 Å². The van der Waals surface area contributed by atoms with Crippen LogP contribution in [0.5, 0.6) is 0 Å². The normalized spacial score (nSPS) is 18.2. The smallest absolute Gasteiger partial charge is 0.259 e. The predicted octanol–water partition coefficient (Wildman–Crippen LogP) is 4.57. The molecule has 0 saturated carbocycles. The minimum Gasteiger partial charge on any atom is -0.456 e. The minimum atomic E-state index is -0.136. The van der Waals surface area contributed by atoms with Crippen LogP contribution in [0.15, 0.2) is 96.6 Å². The maximum Gasteiger partial charge on any atom is 0.259 e. The molecule has 3 aliphatic rings. The first-order chi connectivity index (χ1) is 18.6. The number of amides is 1. The zero-order chi connectivity index (χ0) is 26.3. The fraction of sp³-hybridized carbons (Fsp3) is 0.300. The molecule has 1 fully saturated rings. The maximum absolute atomic E-state index is 13.5. The Labute approximate surface area is 223 Å². The number of nitriles is 1. The number of pyridine rings is 1. The van der Waals surface area contributed by atoms with Crippen molar-refractivity contribution in [2.45, 2.75) is 25.8 Å². The van der Waals surface area contributed by atoms with Gasteiger partial charge in [0.1, 0.15) is 12.1 Å². The van der Waals surface area contributed by atoms with Crippen LogP contribution in [0.1, 0.15) is 35.7 Å². The molecular weight excluding hydrogens is 478 g/mol. The topological polar surface area (TPSA) is 81.9 Å². The average Bonchev–Trinajstić information content (AvgIpc) is 3.00. The molecule has 8 nitrogen and oxygen atoms in total. The van der Waals surface area contributed by atoms with E-state index in [4.69, 9.17) is 14.7 Å². The molecule has 1 saturated heterocycles. The third-order valence-electron chi connectivity index (χ3n) is 7.03. The Bertz CT molecular complexity index is 1300. The number of carbonyl (C=O) groups excluding carboxylic acids is 1. The van der Waals surface area contributed by atoms with Gasteiger partial charge in [-0.3, -0.25) is 14.6 Å². The highest BCUT2D eigenvalue weighted by atomic mass is 16.6. The summed E-state index contributed by atoms with van der Waals surface area (Å²) in [7, 11) is 0. The molecule has 0 spiro atoms. The SMILES string of the molecule is C[C@H](CN(C(=O)c1ccc(C#N)cc1)c1ccccn1)N1CCN(C2=COC(C3=CC=CCC3)=CO2)CC1. The first kappa shape index (κ1) is 25.3. The van der Waals surface area contributed by atoms with Gasteiger partial charge in [-0.25, -0.2) is 4.98 Å². The Morgan fingerprint density at radius 3 is 2.55 bits per heavy atom. The number of carbonyl (C=O) groups is 1. The molecule has 8 heteroatoms. The quantitative estimate of drug-likeness (QED) is 0.541. The summed E-state index contributed by atoms with van der Waals surface area (Å²) in [5, 5.41) is 9.10. The molecule has 1 aliphatic carbocycles. The summed E-state index contributed by atoms with van der Waals surface area (Å²) in [6, 6.07) is 14.5. The summed E-state index contributed by atoms with van der Waals surface area (Å²) in [5.74, 6) is 1.96. The lowest BCUT2D eigenvalue weighted by Gasteiger charge is -2.40. The van der Waals surface area contributed by atoms with E-state index in [-0.39, 0.29) is 11.9 Å². The van der Waals surface area contributed by atoms with Crippen LogP contribution in [-0.4, -0.2) is 59.5 Å². The molecule has 0 N–H and O–H groups in total. The molecule has 194 valence electrons. The van der Waals surface area contributed by atoms with E-state index in [0.29, 0.717) is 23.5 Å². The molecule has 1 atom stereocenters. The van der Waals surface area contributed by atoms with Gasteiger partial charge in [0.05, 0.1) is 11.6 Å². The highest BCUT2D eigenvalue weighted by molar-refractivity contribution is 6.05. The number of rotatable bonds is 7. The van der Waals surface area contributed by atoms with E-state index in [1.165, 1.54) is 0 Å². The Kier molecular flexibility index (Phi) is 7.86. The highest BCUT2D eigenvalue weighted by Gasteiger charge is 2.28. The number of hydrogen-bond acceptors (Lipinski definition) is 7. The largest absolute Gasteiger partial charge is 0.456 e. The van der Waals surface area contributed by atoms with Crippen molar-refractivity contribution < 1.29 is 14.3 Å². The second-order valence-corrected chi connectivity index (χ2v) is 9.50. The number of allylic oxidation sites excluding steroid dienone is 4. The third-order valence-corrected chi connectivity index (χ3v) is 7.03. The van der Waals surface area contributed by atoms with E-state index >= 15 is 0 Å². The van der Waals surface area contributed by atoms with Crippen LogP contribution in [0.4, 0.5) is 5.82 Å². The van der Waals surface area contributed by atoms with Crippen LogP contribution in [0.2, 0.25) is 0 Å². The second kappa shape index (κ2) is 11.8. The highest BCUT2D eigenvalue weighted by Crippen LogP contribution is 2.27. The number of nitrogens with zero attached hydrogens (tertiary/aromatic N) is 5. The van der Waals surface area contributed by atoms with Gasteiger partial charge in [0.15, 0.2) is 12.0 Å². The van der Waals surface area contributed by atoms with Crippen LogP contribution in [0, 0.1) is 11.3 Å². The lowest BCUT2D eigenvalue weighted by molar-refractivity contribution is 0.0690. The standard InChI is InChI=1S/C30H31N5O3/c1-23(20-35(28-9-5-6-14-32-28)30(36)26-12-10-24(19-31)11-13-26)33-15-17-34(18-16-33)29-22-37-27(21-38-29)25-7-3-2-4-8-25/h2-3,5-7,9-14,21-23H,4,8,15-18,20H2,1H3/t23-/m1/s1. The van der Waals surface area contributed by atoms with Gasteiger partial charge in [-0.15, -0.1) is 0 Å². The Morgan fingerprint density at radius 2 is 1.92 bits per heavy atom. The van der Waals surface area contributed by atoms with Crippen molar-refractivity contribution in [1.29, 1.82) is 5.26 Å². The molecule has 1 aromatic carbocycles. The van der Waals surface area contributed by atoms with Crippen molar-refractivity contribution >= 4 is 11.7 Å². The fourth-order valence-electron chi connectivity index (χ4n) is 4.79. The van der Waals surface area contributed by atoms with Crippen LogP contribution < -0.4 is 4.90 Å².